The second-order valence-electron chi connectivity index (χ2n) is 12.3. The van der Waals surface area contributed by atoms with Crippen LogP contribution in [0.5, 0.6) is 0 Å². The summed E-state index contributed by atoms with van der Waals surface area (Å²) in [5.41, 5.74) is 9.32. The second kappa shape index (κ2) is 7.85. The van der Waals surface area contributed by atoms with Gasteiger partial charge in [0.1, 0.15) is 11.2 Å². The smallest absolute Gasteiger partial charge is 0.456 e. The quantitative estimate of drug-likeness (QED) is 0.176. The van der Waals surface area contributed by atoms with Gasteiger partial charge < -0.3 is 13.7 Å². The van der Waals surface area contributed by atoms with E-state index >= 15 is 0 Å². The molecule has 5 heteroatoms. The topological polar surface area (TPSA) is 36.0 Å². The normalized spacial score (nSPS) is 18.3. The lowest BCUT2D eigenvalue weighted by Crippen LogP contribution is -2.41. The summed E-state index contributed by atoms with van der Waals surface area (Å²) in [7, 11) is -0.516. The number of benzene rings is 4. The number of rotatable bonds is 2. The lowest BCUT2D eigenvalue weighted by molar-refractivity contribution is 0.00578. The van der Waals surface area contributed by atoms with E-state index in [4.69, 9.17) is 20.3 Å². The third kappa shape index (κ3) is 3.32. The zero-order chi connectivity index (χ0) is 27.3. The molecule has 2 heterocycles. The first kappa shape index (κ1) is 24.2. The van der Waals surface area contributed by atoms with Crippen LogP contribution in [0, 0.1) is 6.57 Å². The van der Waals surface area contributed by atoms with Gasteiger partial charge in [-0.25, -0.2) is 4.85 Å². The van der Waals surface area contributed by atoms with Crippen LogP contribution in [0.4, 0.5) is 5.69 Å². The van der Waals surface area contributed by atoms with Crippen LogP contribution in [-0.4, -0.2) is 18.3 Å². The molecule has 1 aliphatic carbocycles. The zero-order valence-corrected chi connectivity index (χ0v) is 23.2. The Bertz CT molecular complexity index is 1860. The van der Waals surface area contributed by atoms with Crippen LogP contribution in [0.25, 0.3) is 49.0 Å². The summed E-state index contributed by atoms with van der Waals surface area (Å²) in [6, 6.07) is 25.3. The van der Waals surface area contributed by atoms with Crippen LogP contribution in [-0.2, 0) is 14.7 Å². The predicted octanol–water partition coefficient (Wildman–Crippen LogP) is 8.41. The number of para-hydroxylation sites is 1. The number of nitrogens with zero attached hydrogens (tertiary/aromatic N) is 1. The molecule has 1 aliphatic heterocycles. The molecule has 0 unspecified atom stereocenters. The van der Waals surface area contributed by atoms with Crippen molar-refractivity contribution < 1.29 is 13.7 Å². The molecule has 1 fully saturated rings. The van der Waals surface area contributed by atoms with Crippen molar-refractivity contribution in [2.45, 2.75) is 58.2 Å². The summed E-state index contributed by atoms with van der Waals surface area (Å²) in [5, 5.41) is 2.15. The van der Waals surface area contributed by atoms with E-state index in [1.807, 2.05) is 24.3 Å². The first-order valence-electron chi connectivity index (χ1n) is 13.5. The van der Waals surface area contributed by atoms with Crippen molar-refractivity contribution in [1.29, 1.82) is 0 Å². The molecular formula is C34H30BNO3. The van der Waals surface area contributed by atoms with Crippen molar-refractivity contribution in [3.63, 3.8) is 0 Å². The summed E-state index contributed by atoms with van der Waals surface area (Å²) in [4.78, 5) is 3.68. The highest BCUT2D eigenvalue weighted by Crippen LogP contribution is 2.51. The van der Waals surface area contributed by atoms with Gasteiger partial charge in [-0.15, -0.1) is 0 Å². The van der Waals surface area contributed by atoms with Crippen molar-refractivity contribution in [2.24, 2.45) is 0 Å². The summed E-state index contributed by atoms with van der Waals surface area (Å²) in [5.74, 6) is 0. The van der Waals surface area contributed by atoms with E-state index in [0.717, 1.165) is 38.5 Å². The fraction of sp³-hybridized carbons (Fsp3) is 0.265. The predicted molar refractivity (Wildman–Crippen MR) is 159 cm³/mol. The molecule has 0 saturated carbocycles. The fourth-order valence-electron chi connectivity index (χ4n) is 6.21. The molecule has 0 radical (unpaired) electrons. The van der Waals surface area contributed by atoms with Crippen LogP contribution < -0.4 is 5.46 Å². The van der Waals surface area contributed by atoms with Crippen LogP contribution in [0.2, 0.25) is 0 Å². The summed E-state index contributed by atoms with van der Waals surface area (Å²) in [6.07, 6.45) is 0. The average Bonchev–Trinajstić information content (AvgIpc) is 3.48. The minimum Gasteiger partial charge on any atom is -0.456 e. The fourth-order valence-corrected chi connectivity index (χ4v) is 6.21. The largest absolute Gasteiger partial charge is 0.498 e. The van der Waals surface area contributed by atoms with Gasteiger partial charge in [0.25, 0.3) is 0 Å². The molecule has 0 bridgehead atoms. The van der Waals surface area contributed by atoms with E-state index in [0.29, 0.717) is 5.69 Å². The lowest BCUT2D eigenvalue weighted by atomic mass is 9.76. The Morgan fingerprint density at radius 1 is 0.718 bits per heavy atom. The van der Waals surface area contributed by atoms with E-state index in [1.54, 1.807) is 0 Å². The molecule has 0 amide bonds. The average molecular weight is 511 g/mol. The van der Waals surface area contributed by atoms with Crippen molar-refractivity contribution in [3.05, 3.63) is 95.3 Å². The highest BCUT2D eigenvalue weighted by Gasteiger charge is 2.52. The molecule has 0 spiro atoms. The molecule has 1 aromatic heterocycles. The molecule has 39 heavy (non-hydrogen) atoms. The first-order valence-corrected chi connectivity index (χ1v) is 13.5. The van der Waals surface area contributed by atoms with E-state index in [1.165, 1.54) is 22.3 Å². The third-order valence-electron chi connectivity index (χ3n) is 9.16. The molecule has 0 N–H and O–H groups in total. The number of fused-ring (bicyclic) bond motifs is 6. The van der Waals surface area contributed by atoms with Gasteiger partial charge >= 0.3 is 7.12 Å². The van der Waals surface area contributed by atoms with Crippen LogP contribution in [0.15, 0.2) is 77.2 Å². The van der Waals surface area contributed by atoms with E-state index in [2.05, 4.69) is 94.9 Å². The van der Waals surface area contributed by atoms with Gasteiger partial charge in [-0.2, -0.15) is 0 Å². The lowest BCUT2D eigenvalue weighted by Gasteiger charge is -2.32. The number of hydrogen-bond acceptors (Lipinski definition) is 3. The van der Waals surface area contributed by atoms with Crippen molar-refractivity contribution >= 4 is 40.2 Å². The maximum atomic E-state index is 7.49. The van der Waals surface area contributed by atoms with Crippen molar-refractivity contribution in [2.75, 3.05) is 0 Å². The summed E-state index contributed by atoms with van der Waals surface area (Å²) >= 11 is 0. The van der Waals surface area contributed by atoms with E-state index in [-0.39, 0.29) is 5.41 Å². The highest BCUT2D eigenvalue weighted by atomic mass is 16.7. The van der Waals surface area contributed by atoms with Gasteiger partial charge in [0, 0.05) is 21.7 Å². The Hall–Kier alpha value is -3.85. The molecule has 192 valence electrons. The Morgan fingerprint density at radius 3 is 2.08 bits per heavy atom. The molecule has 5 aromatic rings. The maximum absolute atomic E-state index is 7.49. The molecule has 4 aromatic carbocycles. The van der Waals surface area contributed by atoms with Crippen molar-refractivity contribution in [3.8, 4) is 22.3 Å². The second-order valence-corrected chi connectivity index (χ2v) is 12.3. The number of furan rings is 1. The summed E-state index contributed by atoms with van der Waals surface area (Å²) < 4.78 is 19.4. The Balaban J connectivity index is 1.43. The Morgan fingerprint density at radius 2 is 1.36 bits per heavy atom. The zero-order valence-electron chi connectivity index (χ0n) is 23.2. The molecule has 1 saturated heterocycles. The van der Waals surface area contributed by atoms with Crippen molar-refractivity contribution in [1.82, 2.24) is 0 Å². The maximum Gasteiger partial charge on any atom is 0.498 e. The van der Waals surface area contributed by atoms with Crippen LogP contribution in [0.1, 0.15) is 52.7 Å². The SMILES string of the molecule is [C-]#[N+]c1ccc2c(c1)C(C)(C)c1cc(-c3ccc(B4OC(C)(C)C(C)(C)O4)c4oc5ccccc5c34)ccc1-2. The van der Waals surface area contributed by atoms with Gasteiger partial charge in [-0.05, 0) is 73.2 Å². The first-order chi connectivity index (χ1) is 18.5. The third-order valence-corrected chi connectivity index (χ3v) is 9.16. The standard InChI is InChI=1S/C34H30BNO3/c1-32(2)26-18-20(12-14-23(26)24-15-13-21(36-7)19-27(24)32)22-16-17-28(35-38-33(3,4)34(5,6)39-35)31-30(22)25-10-8-9-11-29(25)37-31/h8-19H,1-6H3. The monoisotopic (exact) mass is 511 g/mol. The molecule has 0 atom stereocenters. The van der Waals surface area contributed by atoms with Gasteiger partial charge in [-0.3, -0.25) is 0 Å². The minimum absolute atomic E-state index is 0.207. The number of hydrogen-bond donors (Lipinski definition) is 0. The van der Waals surface area contributed by atoms with Gasteiger partial charge in [0.2, 0.25) is 0 Å². The van der Waals surface area contributed by atoms with E-state index < -0.39 is 18.3 Å². The Labute approximate surface area is 229 Å². The minimum atomic E-state index is -0.516. The Kier molecular flexibility index (Phi) is 4.87. The van der Waals surface area contributed by atoms with E-state index in [9.17, 15) is 0 Å². The van der Waals surface area contributed by atoms with Crippen LogP contribution in [0.3, 0.4) is 0 Å². The molecule has 4 nitrogen and oxygen atoms in total. The molecule has 7 rings (SSSR count). The molecular weight excluding hydrogens is 481 g/mol. The molecule has 2 aliphatic rings. The summed E-state index contributed by atoms with van der Waals surface area (Å²) in [6.45, 7) is 20.3. The highest BCUT2D eigenvalue weighted by molar-refractivity contribution is 6.65. The van der Waals surface area contributed by atoms with Gasteiger partial charge in [0.05, 0.1) is 17.8 Å². The van der Waals surface area contributed by atoms with Gasteiger partial charge in [0.15, 0.2) is 5.69 Å². The van der Waals surface area contributed by atoms with Crippen LogP contribution >= 0.6 is 0 Å². The van der Waals surface area contributed by atoms with Gasteiger partial charge in [-0.1, -0.05) is 74.5 Å².